The molecule has 2 rings (SSSR count). The molecule has 0 radical (unpaired) electrons. The van der Waals surface area contributed by atoms with Gasteiger partial charge in [-0.2, -0.15) is 0 Å². The molecule has 0 saturated carbocycles. The Hall–Kier alpha value is -1.59. The van der Waals surface area contributed by atoms with Crippen LogP contribution < -0.4 is 10.1 Å². The van der Waals surface area contributed by atoms with E-state index in [-0.39, 0.29) is 43.0 Å². The topological polar surface area (TPSA) is 58.6 Å². The van der Waals surface area contributed by atoms with Crippen LogP contribution in [-0.2, 0) is 4.79 Å². The summed E-state index contributed by atoms with van der Waals surface area (Å²) in [6.07, 6.45) is 1.49. The Bertz CT molecular complexity index is 499. The zero-order chi connectivity index (χ0) is 15.2. The lowest BCUT2D eigenvalue weighted by Crippen LogP contribution is -2.38. The number of Topliss-reactive ketones (excluding diaryl/α,β-unsaturated/α-hetero) is 1. The van der Waals surface area contributed by atoms with Crippen molar-refractivity contribution >= 4 is 24.1 Å². The quantitative estimate of drug-likeness (QED) is 0.811. The van der Waals surface area contributed by atoms with E-state index in [1.165, 1.54) is 0 Å². The summed E-state index contributed by atoms with van der Waals surface area (Å²) >= 11 is 0. The number of nitrogens with one attached hydrogen (secondary N) is 1. The molecule has 1 fully saturated rings. The normalized spacial score (nSPS) is 16.7. The minimum atomic E-state index is -0.0102. The van der Waals surface area contributed by atoms with Gasteiger partial charge in [0, 0.05) is 38.0 Å². The van der Waals surface area contributed by atoms with Gasteiger partial charge < -0.3 is 15.0 Å². The summed E-state index contributed by atoms with van der Waals surface area (Å²) in [6, 6.07) is 7.23. The highest BCUT2D eigenvalue weighted by Gasteiger charge is 2.23. The summed E-state index contributed by atoms with van der Waals surface area (Å²) in [6.45, 7) is 1.79. The molecule has 0 aromatic heterocycles. The molecule has 1 aliphatic heterocycles. The number of carbonyl (C=O) groups is 2. The molecule has 6 heteroatoms. The highest BCUT2D eigenvalue weighted by atomic mass is 35.5. The molecule has 1 aliphatic rings. The van der Waals surface area contributed by atoms with E-state index >= 15 is 0 Å². The summed E-state index contributed by atoms with van der Waals surface area (Å²) in [4.78, 5) is 25.9. The van der Waals surface area contributed by atoms with Gasteiger partial charge in [0.05, 0.1) is 7.11 Å². The molecule has 1 unspecified atom stereocenters. The molecule has 1 N–H and O–H groups in total. The molecule has 0 aliphatic carbocycles. The average molecular weight is 327 g/mol. The number of carbonyl (C=O) groups excluding carboxylic acids is 2. The van der Waals surface area contributed by atoms with Gasteiger partial charge in [-0.15, -0.1) is 12.4 Å². The van der Waals surface area contributed by atoms with E-state index in [0.29, 0.717) is 5.56 Å². The molecule has 5 nitrogen and oxygen atoms in total. The second-order valence-electron chi connectivity index (χ2n) is 5.30. The van der Waals surface area contributed by atoms with Gasteiger partial charge >= 0.3 is 0 Å². The van der Waals surface area contributed by atoms with Gasteiger partial charge in [-0.1, -0.05) is 0 Å². The van der Waals surface area contributed by atoms with E-state index in [4.69, 9.17) is 4.74 Å². The number of rotatable bonds is 6. The number of likely N-dealkylation sites (N-methyl/N-ethyl adjacent to an activating group) is 1. The molecule has 122 valence electrons. The van der Waals surface area contributed by atoms with Crippen molar-refractivity contribution < 1.29 is 14.3 Å². The van der Waals surface area contributed by atoms with E-state index in [0.717, 1.165) is 25.3 Å². The lowest BCUT2D eigenvalue weighted by atomic mass is 10.1. The third-order valence-electron chi connectivity index (χ3n) is 3.95. The van der Waals surface area contributed by atoms with Crippen molar-refractivity contribution in [1.29, 1.82) is 0 Å². The Labute approximate surface area is 137 Å². The minimum absolute atomic E-state index is 0. The maximum absolute atomic E-state index is 12.1. The number of halogens is 1. The number of hydrogen-bond acceptors (Lipinski definition) is 4. The smallest absolute Gasteiger partial charge is 0.223 e. The van der Waals surface area contributed by atoms with Crippen LogP contribution >= 0.6 is 12.4 Å². The van der Waals surface area contributed by atoms with Crippen LogP contribution in [0.1, 0.15) is 29.6 Å². The molecule has 22 heavy (non-hydrogen) atoms. The molecule has 0 bridgehead atoms. The Balaban J connectivity index is 0.00000242. The lowest BCUT2D eigenvalue weighted by molar-refractivity contribution is -0.131. The van der Waals surface area contributed by atoms with Gasteiger partial charge in [-0.05, 0) is 37.2 Å². The SMILES string of the molecule is COc1ccc(C(=O)CCC(=O)N(C)C2CCNC2)cc1.Cl. The van der Waals surface area contributed by atoms with E-state index in [1.54, 1.807) is 36.3 Å². The Morgan fingerprint density at radius 3 is 2.50 bits per heavy atom. The average Bonchev–Trinajstić information content (AvgIpc) is 3.06. The molecule has 1 amide bonds. The number of ketones is 1. The molecular weight excluding hydrogens is 304 g/mol. The second-order valence-corrected chi connectivity index (χ2v) is 5.30. The van der Waals surface area contributed by atoms with Gasteiger partial charge in [-0.25, -0.2) is 0 Å². The Kier molecular flexibility index (Phi) is 7.35. The van der Waals surface area contributed by atoms with E-state index in [1.807, 2.05) is 7.05 Å². The number of methoxy groups -OCH3 is 1. The molecule has 1 saturated heterocycles. The van der Waals surface area contributed by atoms with Crippen LogP contribution in [0.3, 0.4) is 0 Å². The molecule has 0 spiro atoms. The minimum Gasteiger partial charge on any atom is -0.497 e. The van der Waals surface area contributed by atoms with Crippen molar-refractivity contribution in [3.05, 3.63) is 29.8 Å². The van der Waals surface area contributed by atoms with Crippen LogP contribution in [0.5, 0.6) is 5.75 Å². The van der Waals surface area contributed by atoms with Gasteiger partial charge in [0.2, 0.25) is 5.91 Å². The van der Waals surface area contributed by atoms with Crippen molar-refractivity contribution in [2.45, 2.75) is 25.3 Å². The van der Waals surface area contributed by atoms with E-state index in [9.17, 15) is 9.59 Å². The van der Waals surface area contributed by atoms with E-state index < -0.39 is 0 Å². The summed E-state index contributed by atoms with van der Waals surface area (Å²) in [5.41, 5.74) is 0.619. The number of ether oxygens (including phenoxy) is 1. The van der Waals surface area contributed by atoms with Crippen molar-refractivity contribution in [2.75, 3.05) is 27.2 Å². The highest BCUT2D eigenvalue weighted by molar-refractivity contribution is 5.98. The molecule has 1 heterocycles. The summed E-state index contributed by atoms with van der Waals surface area (Å²) in [7, 11) is 3.40. The molecular formula is C16H23ClN2O3. The zero-order valence-electron chi connectivity index (χ0n) is 13.0. The van der Waals surface area contributed by atoms with Gasteiger partial charge in [0.1, 0.15) is 5.75 Å². The predicted molar refractivity (Wildman–Crippen MR) is 87.9 cm³/mol. The molecule has 1 atom stereocenters. The first-order valence-corrected chi connectivity index (χ1v) is 7.25. The maximum Gasteiger partial charge on any atom is 0.223 e. The highest BCUT2D eigenvalue weighted by Crippen LogP contribution is 2.14. The van der Waals surface area contributed by atoms with Crippen LogP contribution in [-0.4, -0.2) is 49.9 Å². The number of nitrogens with zero attached hydrogens (tertiary/aromatic N) is 1. The van der Waals surface area contributed by atoms with Crippen molar-refractivity contribution in [3.63, 3.8) is 0 Å². The summed E-state index contributed by atoms with van der Waals surface area (Å²) < 4.78 is 5.06. The fourth-order valence-electron chi connectivity index (χ4n) is 2.49. The van der Waals surface area contributed by atoms with Crippen LogP contribution in [0.25, 0.3) is 0 Å². The monoisotopic (exact) mass is 326 g/mol. The van der Waals surface area contributed by atoms with Gasteiger partial charge in [0.15, 0.2) is 5.78 Å². The second kappa shape index (κ2) is 8.76. The first kappa shape index (κ1) is 18.5. The fraction of sp³-hybridized carbons (Fsp3) is 0.500. The fourth-order valence-corrected chi connectivity index (χ4v) is 2.49. The predicted octanol–water partition coefficient (Wildman–Crippen LogP) is 1.90. The summed E-state index contributed by atoms with van der Waals surface area (Å²) in [5.74, 6) is 0.741. The number of benzene rings is 1. The third-order valence-corrected chi connectivity index (χ3v) is 3.95. The van der Waals surface area contributed by atoms with Gasteiger partial charge in [-0.3, -0.25) is 9.59 Å². The Morgan fingerprint density at radius 1 is 1.27 bits per heavy atom. The van der Waals surface area contributed by atoms with E-state index in [2.05, 4.69) is 5.32 Å². The zero-order valence-corrected chi connectivity index (χ0v) is 13.8. The Morgan fingerprint density at radius 2 is 1.95 bits per heavy atom. The van der Waals surface area contributed by atoms with Crippen LogP contribution in [0.15, 0.2) is 24.3 Å². The molecule has 1 aromatic rings. The van der Waals surface area contributed by atoms with Crippen LogP contribution in [0, 0.1) is 0 Å². The van der Waals surface area contributed by atoms with Crippen molar-refractivity contribution in [1.82, 2.24) is 10.2 Å². The summed E-state index contributed by atoms with van der Waals surface area (Å²) in [5, 5.41) is 3.24. The van der Waals surface area contributed by atoms with Crippen molar-refractivity contribution in [2.24, 2.45) is 0 Å². The number of hydrogen-bond donors (Lipinski definition) is 1. The lowest BCUT2D eigenvalue weighted by Gasteiger charge is -2.23. The first-order chi connectivity index (χ1) is 10.1. The van der Waals surface area contributed by atoms with Crippen LogP contribution in [0.2, 0.25) is 0 Å². The maximum atomic E-state index is 12.1. The standard InChI is InChI=1S/C16H22N2O3.ClH/c1-18(13-9-10-17-11-13)16(20)8-7-15(19)12-3-5-14(21-2)6-4-12;/h3-6,13,17H,7-11H2,1-2H3;1H. The van der Waals surface area contributed by atoms with Crippen LogP contribution in [0.4, 0.5) is 0 Å². The molecule has 1 aromatic carbocycles. The third kappa shape index (κ3) is 4.71. The van der Waals surface area contributed by atoms with Crippen molar-refractivity contribution in [3.8, 4) is 5.75 Å². The first-order valence-electron chi connectivity index (χ1n) is 7.25. The van der Waals surface area contributed by atoms with Gasteiger partial charge in [0.25, 0.3) is 0 Å². The largest absolute Gasteiger partial charge is 0.497 e. The number of amides is 1.